The van der Waals surface area contributed by atoms with Gasteiger partial charge >= 0.3 is 5.97 Å². The van der Waals surface area contributed by atoms with Crippen LogP contribution in [0.2, 0.25) is 0 Å². The van der Waals surface area contributed by atoms with Gasteiger partial charge in [-0.2, -0.15) is 0 Å². The summed E-state index contributed by atoms with van der Waals surface area (Å²) in [5.41, 5.74) is 2.66. The molecular formula is C12H10N2O2. The maximum atomic E-state index is 10.7. The van der Waals surface area contributed by atoms with Gasteiger partial charge in [0.25, 0.3) is 0 Å². The predicted molar refractivity (Wildman–Crippen MR) is 59.2 cm³/mol. The molecule has 2 aromatic rings. The summed E-state index contributed by atoms with van der Waals surface area (Å²) in [4.78, 5) is 18.5. The fraction of sp³-hybridized carbons (Fsp3) is 0.0833. The van der Waals surface area contributed by atoms with Crippen molar-refractivity contribution in [1.82, 2.24) is 9.97 Å². The van der Waals surface area contributed by atoms with E-state index in [1.54, 1.807) is 0 Å². The summed E-state index contributed by atoms with van der Waals surface area (Å²) in [7, 11) is 0. The standard InChI is InChI=1S/C12H10N2O2/c1-8-2-4-9(5-3-8)10-6-11(12(15)16)14-7-13-10/h2-7H,1H3,(H,15,16). The van der Waals surface area contributed by atoms with Crippen LogP contribution in [-0.4, -0.2) is 21.0 Å². The smallest absolute Gasteiger partial charge is 0.354 e. The molecule has 0 bridgehead atoms. The van der Waals surface area contributed by atoms with Crippen molar-refractivity contribution < 1.29 is 9.90 Å². The second-order valence-electron chi connectivity index (χ2n) is 3.46. The van der Waals surface area contributed by atoms with Crippen LogP contribution in [0.5, 0.6) is 0 Å². The molecule has 0 fully saturated rings. The van der Waals surface area contributed by atoms with Gasteiger partial charge in [-0.25, -0.2) is 14.8 Å². The first-order valence-electron chi connectivity index (χ1n) is 4.79. The van der Waals surface area contributed by atoms with E-state index in [1.807, 2.05) is 31.2 Å². The SMILES string of the molecule is Cc1ccc(-c2cc(C(=O)O)ncn2)cc1. The van der Waals surface area contributed by atoms with Crippen molar-refractivity contribution in [2.24, 2.45) is 0 Å². The second kappa shape index (κ2) is 4.10. The number of hydrogen-bond acceptors (Lipinski definition) is 3. The van der Waals surface area contributed by atoms with Gasteiger partial charge < -0.3 is 5.11 Å². The Hall–Kier alpha value is -2.23. The maximum absolute atomic E-state index is 10.7. The maximum Gasteiger partial charge on any atom is 0.354 e. The number of aromatic carboxylic acids is 1. The van der Waals surface area contributed by atoms with E-state index >= 15 is 0 Å². The van der Waals surface area contributed by atoms with Gasteiger partial charge in [0.1, 0.15) is 6.33 Å². The molecule has 0 aliphatic heterocycles. The zero-order valence-corrected chi connectivity index (χ0v) is 8.71. The first kappa shape index (κ1) is 10.3. The number of benzene rings is 1. The van der Waals surface area contributed by atoms with Gasteiger partial charge in [0.05, 0.1) is 5.69 Å². The van der Waals surface area contributed by atoms with Gasteiger partial charge in [0.15, 0.2) is 5.69 Å². The second-order valence-corrected chi connectivity index (χ2v) is 3.46. The van der Waals surface area contributed by atoms with Crippen molar-refractivity contribution in [3.05, 3.63) is 47.9 Å². The lowest BCUT2D eigenvalue weighted by Gasteiger charge is -2.01. The van der Waals surface area contributed by atoms with Gasteiger partial charge in [-0.3, -0.25) is 0 Å². The molecule has 0 atom stereocenters. The van der Waals surface area contributed by atoms with Gasteiger partial charge in [-0.15, -0.1) is 0 Å². The predicted octanol–water partition coefficient (Wildman–Crippen LogP) is 2.15. The minimum absolute atomic E-state index is 0.00516. The average molecular weight is 214 g/mol. The third-order valence-electron chi connectivity index (χ3n) is 2.23. The van der Waals surface area contributed by atoms with Crippen molar-refractivity contribution >= 4 is 5.97 Å². The van der Waals surface area contributed by atoms with E-state index in [2.05, 4.69) is 9.97 Å². The Labute approximate surface area is 92.6 Å². The van der Waals surface area contributed by atoms with Crippen molar-refractivity contribution in [1.29, 1.82) is 0 Å². The first-order chi connectivity index (χ1) is 7.66. The van der Waals surface area contributed by atoms with Crippen molar-refractivity contribution in [3.63, 3.8) is 0 Å². The molecular weight excluding hydrogens is 204 g/mol. The monoisotopic (exact) mass is 214 g/mol. The summed E-state index contributed by atoms with van der Waals surface area (Å²) >= 11 is 0. The molecule has 1 N–H and O–H groups in total. The molecule has 1 aromatic heterocycles. The van der Waals surface area contributed by atoms with E-state index in [0.29, 0.717) is 5.69 Å². The van der Waals surface area contributed by atoms with Crippen LogP contribution in [-0.2, 0) is 0 Å². The molecule has 0 radical (unpaired) electrons. The Morgan fingerprint density at radius 3 is 2.50 bits per heavy atom. The number of hydrogen-bond donors (Lipinski definition) is 1. The molecule has 16 heavy (non-hydrogen) atoms. The normalized spacial score (nSPS) is 10.1. The Morgan fingerprint density at radius 1 is 1.19 bits per heavy atom. The van der Waals surface area contributed by atoms with Crippen LogP contribution in [0.25, 0.3) is 11.3 Å². The number of aromatic nitrogens is 2. The Morgan fingerprint density at radius 2 is 1.88 bits per heavy atom. The molecule has 0 aliphatic rings. The number of nitrogens with zero attached hydrogens (tertiary/aromatic N) is 2. The summed E-state index contributed by atoms with van der Waals surface area (Å²) in [6.45, 7) is 1.99. The minimum Gasteiger partial charge on any atom is -0.477 e. The highest BCUT2D eigenvalue weighted by Gasteiger charge is 2.06. The lowest BCUT2D eigenvalue weighted by Crippen LogP contribution is -2.01. The van der Waals surface area contributed by atoms with E-state index in [9.17, 15) is 4.79 Å². The lowest BCUT2D eigenvalue weighted by molar-refractivity contribution is 0.0690. The van der Waals surface area contributed by atoms with Crippen molar-refractivity contribution in [2.45, 2.75) is 6.92 Å². The van der Waals surface area contributed by atoms with E-state index in [0.717, 1.165) is 11.1 Å². The zero-order valence-electron chi connectivity index (χ0n) is 8.71. The van der Waals surface area contributed by atoms with E-state index in [1.165, 1.54) is 12.4 Å². The molecule has 0 saturated heterocycles. The van der Waals surface area contributed by atoms with E-state index in [-0.39, 0.29) is 5.69 Å². The van der Waals surface area contributed by atoms with Gasteiger partial charge in [-0.1, -0.05) is 29.8 Å². The molecule has 4 heteroatoms. The Balaban J connectivity index is 2.44. The Bertz CT molecular complexity index is 521. The molecule has 1 aromatic carbocycles. The quantitative estimate of drug-likeness (QED) is 0.831. The van der Waals surface area contributed by atoms with Gasteiger partial charge in [0.2, 0.25) is 0 Å². The fourth-order valence-electron chi connectivity index (χ4n) is 1.36. The van der Waals surface area contributed by atoms with E-state index < -0.39 is 5.97 Å². The third kappa shape index (κ3) is 2.06. The van der Waals surface area contributed by atoms with Crippen LogP contribution in [0, 0.1) is 6.92 Å². The van der Waals surface area contributed by atoms with Crippen LogP contribution >= 0.6 is 0 Å². The zero-order chi connectivity index (χ0) is 11.5. The average Bonchev–Trinajstić information content (AvgIpc) is 2.30. The van der Waals surface area contributed by atoms with Crippen LogP contribution in [0.4, 0.5) is 0 Å². The summed E-state index contributed by atoms with van der Waals surface area (Å²) in [6, 6.07) is 9.19. The largest absolute Gasteiger partial charge is 0.477 e. The number of carbonyl (C=O) groups is 1. The molecule has 0 saturated carbocycles. The topological polar surface area (TPSA) is 63.1 Å². The highest BCUT2D eigenvalue weighted by atomic mass is 16.4. The third-order valence-corrected chi connectivity index (χ3v) is 2.23. The van der Waals surface area contributed by atoms with E-state index in [4.69, 9.17) is 5.11 Å². The first-order valence-corrected chi connectivity index (χ1v) is 4.79. The molecule has 4 nitrogen and oxygen atoms in total. The van der Waals surface area contributed by atoms with Crippen LogP contribution in [0.3, 0.4) is 0 Å². The summed E-state index contributed by atoms with van der Waals surface area (Å²) in [5, 5.41) is 8.81. The summed E-state index contributed by atoms with van der Waals surface area (Å²) < 4.78 is 0. The lowest BCUT2D eigenvalue weighted by atomic mass is 10.1. The molecule has 2 rings (SSSR count). The number of aryl methyl sites for hydroxylation is 1. The summed E-state index contributed by atoms with van der Waals surface area (Å²) in [5.74, 6) is -1.05. The van der Waals surface area contributed by atoms with Gasteiger partial charge in [-0.05, 0) is 13.0 Å². The molecule has 0 aliphatic carbocycles. The number of carboxylic acids is 1. The molecule has 0 amide bonds. The molecule has 0 spiro atoms. The van der Waals surface area contributed by atoms with Crippen LogP contribution in [0.15, 0.2) is 36.7 Å². The van der Waals surface area contributed by atoms with Gasteiger partial charge in [0, 0.05) is 5.56 Å². The molecule has 0 unspecified atom stereocenters. The molecule has 80 valence electrons. The fourth-order valence-corrected chi connectivity index (χ4v) is 1.36. The summed E-state index contributed by atoms with van der Waals surface area (Å²) in [6.07, 6.45) is 1.26. The van der Waals surface area contributed by atoms with Crippen LogP contribution < -0.4 is 0 Å². The highest BCUT2D eigenvalue weighted by molar-refractivity contribution is 5.86. The van der Waals surface area contributed by atoms with Crippen molar-refractivity contribution in [2.75, 3.05) is 0 Å². The minimum atomic E-state index is -1.05. The van der Waals surface area contributed by atoms with Crippen molar-refractivity contribution in [3.8, 4) is 11.3 Å². The number of rotatable bonds is 2. The number of carboxylic acid groups (broad SMARTS) is 1. The Kier molecular flexibility index (Phi) is 2.64. The van der Waals surface area contributed by atoms with Crippen LogP contribution in [0.1, 0.15) is 16.1 Å². The highest BCUT2D eigenvalue weighted by Crippen LogP contribution is 2.17. The molecule has 1 heterocycles.